The van der Waals surface area contributed by atoms with E-state index in [4.69, 9.17) is 11.5 Å². The molecular weight excluding hydrogens is 280 g/mol. The maximum absolute atomic E-state index is 5.83. The van der Waals surface area contributed by atoms with Gasteiger partial charge in [0, 0.05) is 11.4 Å². The van der Waals surface area contributed by atoms with Gasteiger partial charge in [-0.05, 0) is 64.6 Å². The Hall–Kier alpha value is -3.00. The Morgan fingerprint density at radius 1 is 0.739 bits per heavy atom. The van der Waals surface area contributed by atoms with Gasteiger partial charge in [0.15, 0.2) is 0 Å². The number of nitrogen functional groups attached to an aromatic ring is 2. The summed E-state index contributed by atoms with van der Waals surface area (Å²) in [5, 5.41) is 0. The molecular formula is C21H20N2. The SMILES string of the molecule is C=Cc1ccc(-c2ccc(N)cc2)c(-c2ccc(N)cc2)c1C. The molecule has 3 rings (SSSR count). The molecule has 0 unspecified atom stereocenters. The predicted molar refractivity (Wildman–Crippen MR) is 101 cm³/mol. The van der Waals surface area contributed by atoms with E-state index in [2.05, 4.69) is 49.9 Å². The molecule has 114 valence electrons. The van der Waals surface area contributed by atoms with Crippen molar-refractivity contribution in [2.75, 3.05) is 11.5 Å². The van der Waals surface area contributed by atoms with Gasteiger partial charge in [-0.15, -0.1) is 0 Å². The molecule has 0 saturated carbocycles. The summed E-state index contributed by atoms with van der Waals surface area (Å²) in [5.74, 6) is 0. The van der Waals surface area contributed by atoms with Gasteiger partial charge in [0.05, 0.1) is 0 Å². The predicted octanol–water partition coefficient (Wildman–Crippen LogP) is 5.14. The van der Waals surface area contributed by atoms with Crippen LogP contribution in [0.2, 0.25) is 0 Å². The second kappa shape index (κ2) is 6.01. The van der Waals surface area contributed by atoms with Gasteiger partial charge < -0.3 is 11.5 Å². The van der Waals surface area contributed by atoms with Crippen LogP contribution in [0.3, 0.4) is 0 Å². The van der Waals surface area contributed by atoms with Gasteiger partial charge in [0.25, 0.3) is 0 Å². The van der Waals surface area contributed by atoms with Crippen molar-refractivity contribution in [3.05, 3.63) is 78.4 Å². The topological polar surface area (TPSA) is 52.0 Å². The first-order valence-electron chi connectivity index (χ1n) is 7.58. The summed E-state index contributed by atoms with van der Waals surface area (Å²) in [6.07, 6.45) is 1.89. The molecule has 0 spiro atoms. The Morgan fingerprint density at radius 2 is 1.26 bits per heavy atom. The second-order valence-electron chi connectivity index (χ2n) is 5.65. The van der Waals surface area contributed by atoms with Crippen LogP contribution in [0.1, 0.15) is 11.1 Å². The zero-order valence-electron chi connectivity index (χ0n) is 13.2. The molecule has 2 heteroatoms. The maximum atomic E-state index is 5.83. The zero-order valence-corrected chi connectivity index (χ0v) is 13.2. The minimum Gasteiger partial charge on any atom is -0.399 e. The standard InChI is InChI=1S/C21H20N2/c1-3-15-8-13-20(16-4-9-18(22)10-5-16)21(14(15)2)17-6-11-19(23)12-7-17/h3-13H,1,22-23H2,2H3. The highest BCUT2D eigenvalue weighted by Gasteiger charge is 2.12. The van der Waals surface area contributed by atoms with Crippen LogP contribution < -0.4 is 11.5 Å². The fourth-order valence-electron chi connectivity index (χ4n) is 2.87. The highest BCUT2D eigenvalue weighted by Crippen LogP contribution is 2.37. The minimum atomic E-state index is 0.764. The minimum absolute atomic E-state index is 0.764. The van der Waals surface area contributed by atoms with Crippen LogP contribution in [0.5, 0.6) is 0 Å². The van der Waals surface area contributed by atoms with Gasteiger partial charge in [-0.2, -0.15) is 0 Å². The number of rotatable bonds is 3. The monoisotopic (exact) mass is 300 g/mol. The van der Waals surface area contributed by atoms with Crippen LogP contribution in [-0.4, -0.2) is 0 Å². The molecule has 3 aromatic carbocycles. The lowest BCUT2D eigenvalue weighted by atomic mass is 9.88. The van der Waals surface area contributed by atoms with Gasteiger partial charge in [-0.1, -0.05) is 49.1 Å². The summed E-state index contributed by atoms with van der Waals surface area (Å²) >= 11 is 0. The number of hydrogen-bond acceptors (Lipinski definition) is 2. The first-order valence-corrected chi connectivity index (χ1v) is 7.58. The Labute approximate surface area is 137 Å². The van der Waals surface area contributed by atoms with Crippen molar-refractivity contribution >= 4 is 17.5 Å². The molecule has 3 aromatic rings. The summed E-state index contributed by atoms with van der Waals surface area (Å²) in [7, 11) is 0. The fourth-order valence-corrected chi connectivity index (χ4v) is 2.87. The molecule has 0 saturated heterocycles. The van der Waals surface area contributed by atoms with Crippen molar-refractivity contribution in [2.24, 2.45) is 0 Å². The Bertz CT molecular complexity index is 844. The van der Waals surface area contributed by atoms with Crippen molar-refractivity contribution < 1.29 is 0 Å². The van der Waals surface area contributed by atoms with Crippen molar-refractivity contribution in [2.45, 2.75) is 6.92 Å². The van der Waals surface area contributed by atoms with E-state index >= 15 is 0 Å². The first-order chi connectivity index (χ1) is 11.1. The first kappa shape index (κ1) is 14.9. The Kier molecular flexibility index (Phi) is 3.90. The second-order valence-corrected chi connectivity index (χ2v) is 5.65. The van der Waals surface area contributed by atoms with E-state index in [1.165, 1.54) is 16.7 Å². The summed E-state index contributed by atoms with van der Waals surface area (Å²) < 4.78 is 0. The summed E-state index contributed by atoms with van der Waals surface area (Å²) in [4.78, 5) is 0. The molecule has 23 heavy (non-hydrogen) atoms. The molecule has 0 aliphatic rings. The van der Waals surface area contributed by atoms with Crippen LogP contribution in [0, 0.1) is 6.92 Å². The number of hydrogen-bond donors (Lipinski definition) is 2. The van der Waals surface area contributed by atoms with E-state index in [9.17, 15) is 0 Å². The van der Waals surface area contributed by atoms with E-state index in [1.807, 2.05) is 30.3 Å². The molecule has 0 aliphatic heterocycles. The van der Waals surface area contributed by atoms with Gasteiger partial charge in [-0.25, -0.2) is 0 Å². The van der Waals surface area contributed by atoms with Gasteiger partial charge in [0.2, 0.25) is 0 Å². The molecule has 0 fully saturated rings. The lowest BCUT2D eigenvalue weighted by Gasteiger charge is -2.16. The fraction of sp³-hybridized carbons (Fsp3) is 0.0476. The molecule has 0 radical (unpaired) electrons. The molecule has 2 nitrogen and oxygen atoms in total. The highest BCUT2D eigenvalue weighted by molar-refractivity contribution is 5.88. The largest absolute Gasteiger partial charge is 0.399 e. The quantitative estimate of drug-likeness (QED) is 0.658. The van der Waals surface area contributed by atoms with Crippen LogP contribution in [0.25, 0.3) is 28.3 Å². The highest BCUT2D eigenvalue weighted by atomic mass is 14.5. The van der Waals surface area contributed by atoms with Gasteiger partial charge >= 0.3 is 0 Å². The molecule has 0 bridgehead atoms. The third-order valence-electron chi connectivity index (χ3n) is 4.15. The van der Waals surface area contributed by atoms with E-state index < -0.39 is 0 Å². The third-order valence-corrected chi connectivity index (χ3v) is 4.15. The molecule has 0 aromatic heterocycles. The lowest BCUT2D eigenvalue weighted by Crippen LogP contribution is -1.93. The molecule has 0 aliphatic carbocycles. The molecule has 0 amide bonds. The van der Waals surface area contributed by atoms with Crippen molar-refractivity contribution in [3.8, 4) is 22.3 Å². The smallest absolute Gasteiger partial charge is 0.0314 e. The normalized spacial score (nSPS) is 10.5. The van der Waals surface area contributed by atoms with E-state index in [0.29, 0.717) is 0 Å². The van der Waals surface area contributed by atoms with Crippen molar-refractivity contribution in [3.63, 3.8) is 0 Å². The summed E-state index contributed by atoms with van der Waals surface area (Å²) in [6, 6.07) is 20.2. The molecule has 0 heterocycles. The average Bonchev–Trinajstić information content (AvgIpc) is 2.56. The van der Waals surface area contributed by atoms with Crippen LogP contribution in [0.4, 0.5) is 11.4 Å². The average molecular weight is 300 g/mol. The van der Waals surface area contributed by atoms with E-state index in [1.54, 1.807) is 0 Å². The Balaban J connectivity index is 2.27. The van der Waals surface area contributed by atoms with Crippen molar-refractivity contribution in [1.29, 1.82) is 0 Å². The van der Waals surface area contributed by atoms with Gasteiger partial charge in [-0.3, -0.25) is 0 Å². The van der Waals surface area contributed by atoms with Crippen LogP contribution >= 0.6 is 0 Å². The van der Waals surface area contributed by atoms with E-state index in [-0.39, 0.29) is 0 Å². The van der Waals surface area contributed by atoms with Gasteiger partial charge in [0.1, 0.15) is 0 Å². The number of nitrogens with two attached hydrogens (primary N) is 2. The number of benzene rings is 3. The number of anilines is 2. The lowest BCUT2D eigenvalue weighted by molar-refractivity contribution is 1.43. The van der Waals surface area contributed by atoms with E-state index in [0.717, 1.165) is 28.1 Å². The van der Waals surface area contributed by atoms with Crippen LogP contribution in [-0.2, 0) is 0 Å². The third kappa shape index (κ3) is 2.84. The molecule has 0 atom stereocenters. The van der Waals surface area contributed by atoms with Crippen LogP contribution in [0.15, 0.2) is 67.2 Å². The zero-order chi connectivity index (χ0) is 16.4. The van der Waals surface area contributed by atoms with Crippen molar-refractivity contribution in [1.82, 2.24) is 0 Å². The maximum Gasteiger partial charge on any atom is 0.0314 e. The summed E-state index contributed by atoms with van der Waals surface area (Å²) in [5.41, 5.74) is 20.2. The molecule has 4 N–H and O–H groups in total. The summed E-state index contributed by atoms with van der Waals surface area (Å²) in [6.45, 7) is 6.05. The Morgan fingerprint density at radius 3 is 1.78 bits per heavy atom.